The first-order chi connectivity index (χ1) is 6.51. The fourth-order valence-corrected chi connectivity index (χ4v) is 2.24. The molecule has 2 rings (SSSR count). The van der Waals surface area contributed by atoms with Gasteiger partial charge < -0.3 is 10.3 Å². The molecule has 1 saturated carbocycles. The summed E-state index contributed by atoms with van der Waals surface area (Å²) in [6, 6.07) is 0.376. The summed E-state index contributed by atoms with van der Waals surface area (Å²) >= 11 is 0. The first-order valence-corrected chi connectivity index (χ1v) is 5.22. The second-order valence-corrected chi connectivity index (χ2v) is 5.06. The van der Waals surface area contributed by atoms with Crippen LogP contribution in [0.3, 0.4) is 0 Å². The molecule has 3 heteroatoms. The molecule has 1 fully saturated rings. The van der Waals surface area contributed by atoms with Gasteiger partial charge in [0.1, 0.15) is 0 Å². The van der Waals surface area contributed by atoms with Crippen molar-refractivity contribution in [3.63, 3.8) is 0 Å². The number of nitrogens with two attached hydrogens (primary N) is 1. The Morgan fingerprint density at radius 3 is 2.79 bits per heavy atom. The highest BCUT2D eigenvalue weighted by Gasteiger charge is 2.45. The summed E-state index contributed by atoms with van der Waals surface area (Å²) in [6.45, 7) is 4.53. The van der Waals surface area contributed by atoms with Crippen molar-refractivity contribution < 1.29 is 0 Å². The lowest BCUT2D eigenvalue weighted by molar-refractivity contribution is 0.0371. The Morgan fingerprint density at radius 2 is 2.36 bits per heavy atom. The SMILES string of the molecule is Cn1cncc1CC1CC(N)C1(C)C. The molecule has 3 nitrogen and oxygen atoms in total. The fourth-order valence-electron chi connectivity index (χ4n) is 2.24. The van der Waals surface area contributed by atoms with Crippen LogP contribution < -0.4 is 5.73 Å². The lowest BCUT2D eigenvalue weighted by Gasteiger charge is -2.50. The van der Waals surface area contributed by atoms with Crippen LogP contribution in [0.4, 0.5) is 0 Å². The van der Waals surface area contributed by atoms with Gasteiger partial charge in [-0.2, -0.15) is 0 Å². The third-order valence-electron chi connectivity index (χ3n) is 3.92. The number of aryl methyl sites for hydroxylation is 1. The Balaban J connectivity index is 2.04. The minimum Gasteiger partial charge on any atom is -0.338 e. The Kier molecular flexibility index (Phi) is 2.14. The van der Waals surface area contributed by atoms with Gasteiger partial charge >= 0.3 is 0 Å². The predicted molar refractivity (Wildman–Crippen MR) is 56.8 cm³/mol. The minimum absolute atomic E-state index is 0.296. The molecule has 2 N–H and O–H groups in total. The molecule has 1 heterocycles. The number of hydrogen-bond donors (Lipinski definition) is 1. The average Bonchev–Trinajstić information content (AvgIpc) is 2.51. The molecule has 1 aliphatic rings. The van der Waals surface area contributed by atoms with E-state index in [1.165, 1.54) is 5.69 Å². The Bertz CT molecular complexity index is 327. The van der Waals surface area contributed by atoms with Crippen molar-refractivity contribution in [1.82, 2.24) is 9.55 Å². The number of aromatic nitrogens is 2. The van der Waals surface area contributed by atoms with E-state index in [9.17, 15) is 0 Å². The smallest absolute Gasteiger partial charge is 0.0945 e. The normalized spacial score (nSPS) is 30.0. The lowest BCUT2D eigenvalue weighted by Crippen LogP contribution is -2.55. The second-order valence-electron chi connectivity index (χ2n) is 5.06. The zero-order valence-electron chi connectivity index (χ0n) is 9.20. The largest absolute Gasteiger partial charge is 0.338 e. The van der Waals surface area contributed by atoms with Gasteiger partial charge in [-0.25, -0.2) is 4.98 Å². The van der Waals surface area contributed by atoms with Crippen molar-refractivity contribution in [3.8, 4) is 0 Å². The molecule has 0 radical (unpaired) electrons. The number of hydrogen-bond acceptors (Lipinski definition) is 2. The Labute approximate surface area is 85.3 Å². The summed E-state index contributed by atoms with van der Waals surface area (Å²) in [6.07, 6.45) is 6.08. The summed E-state index contributed by atoms with van der Waals surface area (Å²) < 4.78 is 2.10. The van der Waals surface area contributed by atoms with Gasteiger partial charge in [0, 0.05) is 25.0 Å². The molecule has 0 spiro atoms. The standard InChI is InChI=1S/C11H19N3/c1-11(2)8(5-10(11)12)4-9-6-13-7-14(9)3/h6-8,10H,4-5,12H2,1-3H3. The molecular formula is C11H19N3. The topological polar surface area (TPSA) is 43.8 Å². The van der Waals surface area contributed by atoms with Gasteiger partial charge in [0.25, 0.3) is 0 Å². The van der Waals surface area contributed by atoms with Gasteiger partial charge in [0.2, 0.25) is 0 Å². The molecule has 1 aromatic rings. The molecule has 78 valence electrons. The molecule has 2 unspecified atom stereocenters. The molecule has 0 aliphatic heterocycles. The molecule has 2 atom stereocenters. The maximum atomic E-state index is 5.99. The van der Waals surface area contributed by atoms with Crippen LogP contribution in [0.15, 0.2) is 12.5 Å². The first-order valence-electron chi connectivity index (χ1n) is 5.22. The minimum atomic E-state index is 0.296. The molecule has 0 aromatic carbocycles. The quantitative estimate of drug-likeness (QED) is 0.770. The van der Waals surface area contributed by atoms with E-state index in [2.05, 4.69) is 23.4 Å². The highest BCUT2D eigenvalue weighted by Crippen LogP contribution is 2.46. The molecule has 14 heavy (non-hydrogen) atoms. The number of imidazole rings is 1. The Hall–Kier alpha value is -0.830. The van der Waals surface area contributed by atoms with E-state index < -0.39 is 0 Å². The summed E-state index contributed by atoms with van der Waals surface area (Å²) in [4.78, 5) is 4.13. The van der Waals surface area contributed by atoms with Crippen LogP contribution in [-0.4, -0.2) is 15.6 Å². The van der Waals surface area contributed by atoms with Crippen LogP contribution in [-0.2, 0) is 13.5 Å². The fraction of sp³-hybridized carbons (Fsp3) is 0.727. The van der Waals surface area contributed by atoms with Gasteiger partial charge in [-0.05, 0) is 24.2 Å². The zero-order chi connectivity index (χ0) is 10.3. The molecule has 1 aliphatic carbocycles. The van der Waals surface area contributed by atoms with Crippen molar-refractivity contribution >= 4 is 0 Å². The monoisotopic (exact) mass is 193 g/mol. The van der Waals surface area contributed by atoms with E-state index >= 15 is 0 Å². The highest BCUT2D eigenvalue weighted by atomic mass is 15.0. The zero-order valence-corrected chi connectivity index (χ0v) is 9.20. The van der Waals surface area contributed by atoms with E-state index in [1.54, 1.807) is 0 Å². The Morgan fingerprint density at radius 1 is 1.64 bits per heavy atom. The number of nitrogens with zero attached hydrogens (tertiary/aromatic N) is 2. The summed E-state index contributed by atoms with van der Waals surface area (Å²) in [5.41, 5.74) is 7.60. The van der Waals surface area contributed by atoms with Crippen LogP contribution >= 0.6 is 0 Å². The maximum absolute atomic E-state index is 5.99. The summed E-state index contributed by atoms with van der Waals surface area (Å²) in [5.74, 6) is 0.716. The highest BCUT2D eigenvalue weighted by molar-refractivity contribution is 5.07. The molecular weight excluding hydrogens is 174 g/mol. The van der Waals surface area contributed by atoms with Crippen molar-refractivity contribution in [3.05, 3.63) is 18.2 Å². The molecule has 0 saturated heterocycles. The second kappa shape index (κ2) is 3.09. The van der Waals surface area contributed by atoms with Crippen molar-refractivity contribution in [1.29, 1.82) is 0 Å². The van der Waals surface area contributed by atoms with Crippen LogP contribution in [0, 0.1) is 11.3 Å². The van der Waals surface area contributed by atoms with Crippen LogP contribution in [0.1, 0.15) is 26.0 Å². The van der Waals surface area contributed by atoms with E-state index in [1.807, 2.05) is 19.6 Å². The van der Waals surface area contributed by atoms with E-state index in [4.69, 9.17) is 5.73 Å². The van der Waals surface area contributed by atoms with Gasteiger partial charge in [-0.15, -0.1) is 0 Å². The van der Waals surface area contributed by atoms with E-state index in [0.717, 1.165) is 12.8 Å². The van der Waals surface area contributed by atoms with Crippen molar-refractivity contribution in [2.24, 2.45) is 24.1 Å². The molecule has 0 amide bonds. The van der Waals surface area contributed by atoms with Gasteiger partial charge in [0.15, 0.2) is 0 Å². The molecule has 1 aromatic heterocycles. The van der Waals surface area contributed by atoms with Gasteiger partial charge in [-0.3, -0.25) is 0 Å². The summed E-state index contributed by atoms with van der Waals surface area (Å²) in [7, 11) is 2.05. The lowest BCUT2D eigenvalue weighted by atomic mass is 9.57. The number of rotatable bonds is 2. The van der Waals surface area contributed by atoms with Crippen LogP contribution in [0.2, 0.25) is 0 Å². The molecule has 0 bridgehead atoms. The van der Waals surface area contributed by atoms with Gasteiger partial charge in [0.05, 0.1) is 6.33 Å². The van der Waals surface area contributed by atoms with Crippen LogP contribution in [0.25, 0.3) is 0 Å². The third kappa shape index (κ3) is 1.36. The van der Waals surface area contributed by atoms with E-state index in [0.29, 0.717) is 17.4 Å². The predicted octanol–water partition coefficient (Wildman–Crippen LogP) is 1.34. The van der Waals surface area contributed by atoms with Gasteiger partial charge in [-0.1, -0.05) is 13.8 Å². The van der Waals surface area contributed by atoms with Crippen LogP contribution in [0.5, 0.6) is 0 Å². The maximum Gasteiger partial charge on any atom is 0.0945 e. The van der Waals surface area contributed by atoms with Crippen molar-refractivity contribution in [2.45, 2.75) is 32.7 Å². The first kappa shape index (κ1) is 9.71. The third-order valence-corrected chi connectivity index (χ3v) is 3.92. The van der Waals surface area contributed by atoms with E-state index in [-0.39, 0.29) is 0 Å². The average molecular weight is 193 g/mol. The van der Waals surface area contributed by atoms with Crippen molar-refractivity contribution in [2.75, 3.05) is 0 Å². The summed E-state index contributed by atoms with van der Waals surface area (Å²) in [5, 5.41) is 0.